The Kier molecular flexibility index (Phi) is 5.50. The van der Waals surface area contributed by atoms with Crippen LogP contribution in [0.2, 0.25) is 0 Å². The van der Waals surface area contributed by atoms with Gasteiger partial charge in [0.2, 0.25) is 5.89 Å². The van der Waals surface area contributed by atoms with E-state index in [1.807, 2.05) is 31.2 Å². The fourth-order valence-corrected chi connectivity index (χ4v) is 2.09. The molecule has 0 amide bonds. The van der Waals surface area contributed by atoms with E-state index in [4.69, 9.17) is 15.0 Å². The molecule has 1 atom stereocenters. The molecule has 0 fully saturated rings. The van der Waals surface area contributed by atoms with Crippen LogP contribution >= 0.6 is 15.9 Å². The lowest BCUT2D eigenvalue weighted by molar-refractivity contribution is 0.0867. The zero-order valence-electron chi connectivity index (χ0n) is 12.3. The maximum atomic E-state index is 6.19. The number of nitrogens with two attached hydrogens (primary N) is 1. The first-order valence-electron chi connectivity index (χ1n) is 6.95. The molecular formula is C15H20BrN3O2. The molecule has 2 rings (SSSR count). The Morgan fingerprint density at radius 3 is 2.71 bits per heavy atom. The smallest absolute Gasteiger partial charge is 0.231 e. The van der Waals surface area contributed by atoms with Gasteiger partial charge in [0.25, 0.3) is 0 Å². The van der Waals surface area contributed by atoms with Crippen LogP contribution in [0, 0.1) is 0 Å². The van der Waals surface area contributed by atoms with Crippen molar-refractivity contribution in [3.63, 3.8) is 0 Å². The molecule has 0 saturated carbocycles. The molecule has 0 saturated heterocycles. The number of aromatic nitrogens is 2. The van der Waals surface area contributed by atoms with Crippen LogP contribution < -0.4 is 5.73 Å². The second-order valence-electron chi connectivity index (χ2n) is 5.29. The summed E-state index contributed by atoms with van der Waals surface area (Å²) < 4.78 is 11.8. The van der Waals surface area contributed by atoms with Gasteiger partial charge in [-0.1, -0.05) is 40.1 Å². The quantitative estimate of drug-likeness (QED) is 0.774. The standard InChI is InChI=1S/C15H20BrN3O2/c1-3-8-20-10-15(2,17)14-18-13(21-19-14)9-11-4-6-12(16)7-5-11/h4-7H,3,8-10,17H2,1-2H3. The van der Waals surface area contributed by atoms with Gasteiger partial charge in [-0.25, -0.2) is 0 Å². The van der Waals surface area contributed by atoms with E-state index in [9.17, 15) is 0 Å². The number of hydrogen-bond donors (Lipinski definition) is 1. The van der Waals surface area contributed by atoms with Crippen LogP contribution in [0.15, 0.2) is 33.3 Å². The van der Waals surface area contributed by atoms with Gasteiger partial charge in [0.15, 0.2) is 5.82 Å². The van der Waals surface area contributed by atoms with Gasteiger partial charge in [0, 0.05) is 11.1 Å². The Morgan fingerprint density at radius 2 is 2.05 bits per heavy atom. The van der Waals surface area contributed by atoms with E-state index in [0.29, 0.717) is 31.3 Å². The lowest BCUT2D eigenvalue weighted by Gasteiger charge is -2.19. The van der Waals surface area contributed by atoms with Crippen LogP contribution in [-0.4, -0.2) is 23.4 Å². The second-order valence-corrected chi connectivity index (χ2v) is 6.20. The van der Waals surface area contributed by atoms with Crippen molar-refractivity contribution in [1.82, 2.24) is 10.1 Å². The molecule has 0 aliphatic rings. The molecule has 2 aromatic rings. The predicted octanol–water partition coefficient (Wildman–Crippen LogP) is 3.02. The van der Waals surface area contributed by atoms with Crippen LogP contribution in [0.1, 0.15) is 37.5 Å². The highest BCUT2D eigenvalue weighted by Crippen LogP contribution is 2.17. The molecule has 114 valence electrons. The molecule has 0 spiro atoms. The Morgan fingerprint density at radius 1 is 1.33 bits per heavy atom. The van der Waals surface area contributed by atoms with Crippen molar-refractivity contribution in [3.8, 4) is 0 Å². The second kappa shape index (κ2) is 7.15. The number of benzene rings is 1. The summed E-state index contributed by atoms with van der Waals surface area (Å²) >= 11 is 3.41. The number of halogens is 1. The molecule has 2 N–H and O–H groups in total. The van der Waals surface area contributed by atoms with Crippen molar-refractivity contribution in [2.75, 3.05) is 13.2 Å². The molecule has 0 aliphatic heterocycles. The Hall–Kier alpha value is -1.24. The lowest BCUT2D eigenvalue weighted by atomic mass is 10.1. The van der Waals surface area contributed by atoms with E-state index in [0.717, 1.165) is 16.5 Å². The first kappa shape index (κ1) is 16.1. The highest BCUT2D eigenvalue weighted by atomic mass is 79.9. The number of rotatable bonds is 7. The molecule has 0 radical (unpaired) electrons. The van der Waals surface area contributed by atoms with E-state index in [-0.39, 0.29) is 0 Å². The average molecular weight is 354 g/mol. The van der Waals surface area contributed by atoms with Gasteiger partial charge in [-0.3, -0.25) is 0 Å². The minimum absolute atomic E-state index is 0.373. The minimum Gasteiger partial charge on any atom is -0.379 e. The number of ether oxygens (including phenoxy) is 1. The predicted molar refractivity (Wildman–Crippen MR) is 83.9 cm³/mol. The van der Waals surface area contributed by atoms with Crippen molar-refractivity contribution in [1.29, 1.82) is 0 Å². The first-order chi connectivity index (χ1) is 10.0. The van der Waals surface area contributed by atoms with Gasteiger partial charge in [-0.05, 0) is 31.0 Å². The minimum atomic E-state index is -0.739. The van der Waals surface area contributed by atoms with Crippen LogP contribution in [0.4, 0.5) is 0 Å². The Labute approximate surface area is 133 Å². The number of nitrogens with zero attached hydrogens (tertiary/aromatic N) is 2. The SMILES string of the molecule is CCCOCC(C)(N)c1noc(Cc2ccc(Br)cc2)n1. The largest absolute Gasteiger partial charge is 0.379 e. The summed E-state index contributed by atoms with van der Waals surface area (Å²) in [6.45, 7) is 4.95. The van der Waals surface area contributed by atoms with Crippen molar-refractivity contribution >= 4 is 15.9 Å². The molecule has 6 heteroatoms. The van der Waals surface area contributed by atoms with E-state index >= 15 is 0 Å². The lowest BCUT2D eigenvalue weighted by Crippen LogP contribution is -2.39. The van der Waals surface area contributed by atoms with Gasteiger partial charge in [0.05, 0.1) is 13.0 Å². The van der Waals surface area contributed by atoms with Gasteiger partial charge < -0.3 is 15.0 Å². The molecule has 0 aliphatic carbocycles. The summed E-state index contributed by atoms with van der Waals surface area (Å²) in [6, 6.07) is 8.00. The highest BCUT2D eigenvalue weighted by molar-refractivity contribution is 9.10. The molecule has 0 bridgehead atoms. The average Bonchev–Trinajstić information content (AvgIpc) is 2.91. The third kappa shape index (κ3) is 4.62. The Bertz CT molecular complexity index is 567. The number of hydrogen-bond acceptors (Lipinski definition) is 5. The van der Waals surface area contributed by atoms with Crippen LogP contribution in [0.5, 0.6) is 0 Å². The third-order valence-electron chi connectivity index (χ3n) is 3.00. The van der Waals surface area contributed by atoms with Crippen molar-refractivity contribution in [2.45, 2.75) is 32.2 Å². The summed E-state index contributed by atoms with van der Waals surface area (Å²) in [5, 5.41) is 3.98. The van der Waals surface area contributed by atoms with E-state index in [1.165, 1.54) is 0 Å². The topological polar surface area (TPSA) is 74.2 Å². The Balaban J connectivity index is 2.01. The normalized spacial score (nSPS) is 14.1. The van der Waals surface area contributed by atoms with Gasteiger partial charge in [-0.2, -0.15) is 4.98 Å². The summed E-state index contributed by atoms with van der Waals surface area (Å²) in [7, 11) is 0. The monoisotopic (exact) mass is 353 g/mol. The summed E-state index contributed by atoms with van der Waals surface area (Å²) in [5.74, 6) is 1.03. The fourth-order valence-electron chi connectivity index (χ4n) is 1.83. The molecule has 5 nitrogen and oxygen atoms in total. The van der Waals surface area contributed by atoms with Crippen LogP contribution in [-0.2, 0) is 16.7 Å². The molecule has 1 heterocycles. The van der Waals surface area contributed by atoms with Gasteiger partial charge >= 0.3 is 0 Å². The van der Waals surface area contributed by atoms with E-state index < -0.39 is 5.54 Å². The van der Waals surface area contributed by atoms with Gasteiger partial charge in [0.1, 0.15) is 5.54 Å². The van der Waals surface area contributed by atoms with E-state index in [2.05, 4.69) is 33.0 Å². The molecule has 21 heavy (non-hydrogen) atoms. The summed E-state index contributed by atoms with van der Waals surface area (Å²) in [6.07, 6.45) is 1.54. The van der Waals surface area contributed by atoms with Gasteiger partial charge in [-0.15, -0.1) is 0 Å². The maximum absolute atomic E-state index is 6.19. The molecule has 1 aromatic heterocycles. The zero-order valence-corrected chi connectivity index (χ0v) is 13.9. The first-order valence-corrected chi connectivity index (χ1v) is 7.74. The van der Waals surface area contributed by atoms with Crippen LogP contribution in [0.25, 0.3) is 0 Å². The summed E-state index contributed by atoms with van der Waals surface area (Å²) in [4.78, 5) is 4.38. The maximum Gasteiger partial charge on any atom is 0.231 e. The summed E-state index contributed by atoms with van der Waals surface area (Å²) in [5.41, 5.74) is 6.56. The molecular weight excluding hydrogens is 334 g/mol. The zero-order chi connectivity index (χ0) is 15.3. The van der Waals surface area contributed by atoms with Crippen LogP contribution in [0.3, 0.4) is 0 Å². The van der Waals surface area contributed by atoms with Crippen molar-refractivity contribution in [2.24, 2.45) is 5.73 Å². The molecule has 1 aromatic carbocycles. The fraction of sp³-hybridized carbons (Fsp3) is 0.467. The van der Waals surface area contributed by atoms with Crippen molar-refractivity contribution in [3.05, 3.63) is 46.0 Å². The third-order valence-corrected chi connectivity index (χ3v) is 3.53. The molecule has 1 unspecified atom stereocenters. The van der Waals surface area contributed by atoms with E-state index in [1.54, 1.807) is 0 Å². The van der Waals surface area contributed by atoms with Crippen molar-refractivity contribution < 1.29 is 9.26 Å². The highest BCUT2D eigenvalue weighted by Gasteiger charge is 2.27.